The smallest absolute Gasteiger partial charge is 0.248 e. The van der Waals surface area contributed by atoms with E-state index in [9.17, 15) is 14.4 Å². The molecular weight excluding hydrogens is 656 g/mol. The zero-order valence-corrected chi connectivity index (χ0v) is 26.9. The lowest BCUT2D eigenvalue weighted by Crippen LogP contribution is -2.47. The Kier molecular flexibility index (Phi) is 7.95. The Morgan fingerprint density at radius 3 is 2.65 bits per heavy atom. The normalized spacial score (nSPS) is 22.8. The molecule has 1 spiro atoms. The molecule has 1 N–H and O–H groups in total. The molecule has 3 aliphatic rings. The number of pyridine rings is 2. The number of halogens is 1. The maximum Gasteiger partial charge on any atom is 0.248 e. The summed E-state index contributed by atoms with van der Waals surface area (Å²) in [5.74, 6) is 0.150. The van der Waals surface area contributed by atoms with Crippen LogP contribution in [-0.4, -0.2) is 84.1 Å². The highest BCUT2D eigenvalue weighted by molar-refractivity contribution is 9.10. The van der Waals surface area contributed by atoms with Crippen molar-refractivity contribution in [3.8, 4) is 11.3 Å². The molecule has 1 saturated heterocycles. The number of aromatic nitrogens is 6. The number of likely N-dealkylation sites (tertiary alicyclic amines) is 1. The van der Waals surface area contributed by atoms with Crippen LogP contribution in [0.5, 0.6) is 0 Å². The predicted octanol–water partition coefficient (Wildman–Crippen LogP) is 3.66. The highest BCUT2D eigenvalue weighted by Crippen LogP contribution is 2.60. The summed E-state index contributed by atoms with van der Waals surface area (Å²) in [6.45, 7) is 4.53. The molecule has 2 fully saturated rings. The van der Waals surface area contributed by atoms with Crippen LogP contribution in [0.3, 0.4) is 0 Å². The molecule has 3 atom stereocenters. The number of carbonyl (C=O) groups excluding carboxylic acids is 3. The van der Waals surface area contributed by atoms with Gasteiger partial charge in [0.2, 0.25) is 11.8 Å². The monoisotopic (exact) mass is 686 g/mol. The summed E-state index contributed by atoms with van der Waals surface area (Å²) in [5.41, 5.74) is 2.44. The molecule has 7 rings (SSSR count). The molecular formula is C32H31BrN8O5. The van der Waals surface area contributed by atoms with Gasteiger partial charge in [0, 0.05) is 47.3 Å². The second-order valence-corrected chi connectivity index (χ2v) is 12.7. The Morgan fingerprint density at radius 1 is 1.09 bits per heavy atom. The second-order valence-electron chi connectivity index (χ2n) is 11.9. The highest BCUT2D eigenvalue weighted by Gasteiger charge is 2.67. The largest absolute Gasteiger partial charge is 0.377 e. The number of ketones is 1. The van der Waals surface area contributed by atoms with E-state index >= 15 is 0 Å². The molecule has 2 aliphatic heterocycles. The third kappa shape index (κ3) is 5.72. The van der Waals surface area contributed by atoms with E-state index in [1.165, 1.54) is 11.6 Å². The minimum absolute atomic E-state index is 0.161. The fourth-order valence-electron chi connectivity index (χ4n) is 6.36. The summed E-state index contributed by atoms with van der Waals surface area (Å²) in [6.07, 6.45) is 9.94. The van der Waals surface area contributed by atoms with Gasteiger partial charge >= 0.3 is 0 Å². The summed E-state index contributed by atoms with van der Waals surface area (Å²) in [4.78, 5) is 59.9. The van der Waals surface area contributed by atoms with Crippen molar-refractivity contribution >= 4 is 50.2 Å². The van der Waals surface area contributed by atoms with Crippen LogP contribution in [0.25, 0.3) is 22.2 Å². The molecule has 0 unspecified atom stereocenters. The molecule has 14 heteroatoms. The molecule has 46 heavy (non-hydrogen) atoms. The van der Waals surface area contributed by atoms with Crippen LogP contribution in [0.4, 0.5) is 5.82 Å². The number of fused-ring (bicyclic) bond motifs is 3. The molecule has 13 nitrogen and oxygen atoms in total. The number of piperidine rings is 1. The summed E-state index contributed by atoms with van der Waals surface area (Å²) < 4.78 is 13.8. The van der Waals surface area contributed by atoms with Crippen molar-refractivity contribution in [2.45, 2.75) is 51.9 Å². The van der Waals surface area contributed by atoms with E-state index in [-0.39, 0.29) is 47.9 Å². The fourth-order valence-corrected chi connectivity index (χ4v) is 6.67. The zero-order valence-electron chi connectivity index (χ0n) is 25.3. The van der Waals surface area contributed by atoms with Gasteiger partial charge in [0.15, 0.2) is 5.78 Å². The van der Waals surface area contributed by atoms with Gasteiger partial charge in [0.25, 0.3) is 0 Å². The number of rotatable bonds is 4. The molecule has 1 aliphatic carbocycles. The first kappa shape index (κ1) is 30.3. The Labute approximate surface area is 272 Å². The molecule has 4 aromatic rings. The van der Waals surface area contributed by atoms with E-state index in [1.807, 2.05) is 18.2 Å². The highest BCUT2D eigenvalue weighted by atomic mass is 79.9. The van der Waals surface area contributed by atoms with Gasteiger partial charge in [-0.05, 0) is 47.8 Å². The quantitative estimate of drug-likeness (QED) is 0.191. The minimum atomic E-state index is -0.745. The summed E-state index contributed by atoms with van der Waals surface area (Å²) in [7, 11) is 0. The SMILES string of the molecule is CC(=O)c1nn(CC(=O)N2[C@H]3C[C@@]4(COCC=CCOCc5ccc(Br)nc5NC3=O)C[C@@H]24)c2cnc(-c3cnc(C)nc3)cc12. The summed E-state index contributed by atoms with van der Waals surface area (Å²) in [6, 6.07) is 4.49. The Hall–Kier alpha value is -4.40. The van der Waals surface area contributed by atoms with Crippen LogP contribution < -0.4 is 5.32 Å². The van der Waals surface area contributed by atoms with Gasteiger partial charge in [-0.15, -0.1) is 0 Å². The Bertz CT molecular complexity index is 1890. The molecule has 2 amide bonds. The number of ether oxygens (including phenoxy) is 2. The average molecular weight is 688 g/mol. The Morgan fingerprint density at radius 2 is 1.87 bits per heavy atom. The third-order valence-electron chi connectivity index (χ3n) is 8.77. The van der Waals surface area contributed by atoms with Gasteiger partial charge in [-0.2, -0.15) is 5.10 Å². The molecule has 236 valence electrons. The van der Waals surface area contributed by atoms with Gasteiger partial charge in [-0.1, -0.05) is 18.2 Å². The van der Waals surface area contributed by atoms with E-state index < -0.39 is 6.04 Å². The first-order chi connectivity index (χ1) is 22.2. The molecule has 4 aromatic heterocycles. The molecule has 0 radical (unpaired) electrons. The molecule has 1 saturated carbocycles. The lowest BCUT2D eigenvalue weighted by molar-refractivity contribution is -0.138. The predicted molar refractivity (Wildman–Crippen MR) is 170 cm³/mol. The van der Waals surface area contributed by atoms with Crippen LogP contribution in [0, 0.1) is 12.3 Å². The number of aryl methyl sites for hydroxylation is 1. The Balaban J connectivity index is 1.20. The van der Waals surface area contributed by atoms with Crippen molar-refractivity contribution in [3.05, 3.63) is 70.6 Å². The fraction of sp³-hybridized carbons (Fsp3) is 0.375. The van der Waals surface area contributed by atoms with Crippen molar-refractivity contribution in [1.82, 2.24) is 34.6 Å². The van der Waals surface area contributed by atoms with E-state index in [0.29, 0.717) is 64.6 Å². The average Bonchev–Trinajstić information content (AvgIpc) is 3.45. The van der Waals surface area contributed by atoms with E-state index in [4.69, 9.17) is 9.47 Å². The first-order valence-corrected chi connectivity index (χ1v) is 15.8. The zero-order chi connectivity index (χ0) is 32.0. The number of nitrogens with zero attached hydrogens (tertiary/aromatic N) is 7. The van der Waals surface area contributed by atoms with Gasteiger partial charge in [0.1, 0.15) is 34.5 Å². The third-order valence-corrected chi connectivity index (χ3v) is 9.21. The van der Waals surface area contributed by atoms with Crippen LogP contribution in [0.1, 0.15) is 41.6 Å². The molecule has 0 aromatic carbocycles. The lowest BCUT2D eigenvalue weighted by Gasteiger charge is -2.27. The number of nitrogens with one attached hydrogen (secondary N) is 1. The number of hydrogen-bond donors (Lipinski definition) is 1. The first-order valence-electron chi connectivity index (χ1n) is 15.0. The maximum absolute atomic E-state index is 14.1. The van der Waals surface area contributed by atoms with E-state index in [1.54, 1.807) is 42.5 Å². The van der Waals surface area contributed by atoms with E-state index in [2.05, 4.69) is 46.3 Å². The van der Waals surface area contributed by atoms with Crippen molar-refractivity contribution in [2.75, 3.05) is 25.1 Å². The molecule has 2 bridgehead atoms. The van der Waals surface area contributed by atoms with Crippen LogP contribution in [0.15, 0.2) is 53.5 Å². The summed E-state index contributed by atoms with van der Waals surface area (Å²) >= 11 is 3.39. The minimum Gasteiger partial charge on any atom is -0.377 e. The van der Waals surface area contributed by atoms with Crippen molar-refractivity contribution in [3.63, 3.8) is 0 Å². The number of anilines is 1. The number of carbonyl (C=O) groups is 3. The number of hydrogen-bond acceptors (Lipinski definition) is 10. The topological polar surface area (TPSA) is 154 Å². The van der Waals surface area contributed by atoms with E-state index in [0.717, 1.165) is 12.0 Å². The van der Waals surface area contributed by atoms with Gasteiger partial charge in [-0.3, -0.25) is 24.0 Å². The van der Waals surface area contributed by atoms with Crippen molar-refractivity contribution < 1.29 is 23.9 Å². The van der Waals surface area contributed by atoms with Crippen LogP contribution >= 0.6 is 15.9 Å². The second kappa shape index (κ2) is 12.1. The maximum atomic E-state index is 14.1. The standard InChI is InChI=1S/C32H31BrN8O5/c1-18(42)29-22-9-23(21-12-34-19(2)35-13-21)36-14-25(22)40(39-29)15-28(43)41-24-10-32(11-26(32)41)17-46-8-4-3-7-45-16-20-5-6-27(33)37-30(20)38-31(24)44/h3-6,9,12-14,24,26H,7-8,10-11,15-17H2,1-2H3,(H,37,38,44)/t24-,26+,32-/m0/s1. The van der Waals surface area contributed by atoms with Crippen LogP contribution in [-0.2, 0) is 32.2 Å². The lowest BCUT2D eigenvalue weighted by atomic mass is 10.00. The summed E-state index contributed by atoms with van der Waals surface area (Å²) in [5, 5.41) is 8.07. The number of amides is 2. The van der Waals surface area contributed by atoms with Gasteiger partial charge in [-0.25, -0.2) is 15.0 Å². The number of Topliss-reactive ketones (excluding diaryl/α,β-unsaturated/α-hetero) is 1. The van der Waals surface area contributed by atoms with Crippen LogP contribution in [0.2, 0.25) is 0 Å². The molecule has 6 heterocycles. The van der Waals surface area contributed by atoms with Gasteiger partial charge in [0.05, 0.1) is 43.8 Å². The van der Waals surface area contributed by atoms with Gasteiger partial charge < -0.3 is 19.7 Å². The van der Waals surface area contributed by atoms with Crippen molar-refractivity contribution in [2.24, 2.45) is 5.41 Å². The van der Waals surface area contributed by atoms with Crippen molar-refractivity contribution in [1.29, 1.82) is 0 Å².